The fraction of sp³-hybridized carbons (Fsp3) is 0.545. The molecular formula is C77H118O6. The van der Waals surface area contributed by atoms with E-state index < -0.39 is 12.1 Å². The van der Waals surface area contributed by atoms with Crippen molar-refractivity contribution >= 4 is 17.9 Å². The van der Waals surface area contributed by atoms with Crippen molar-refractivity contribution in [3.8, 4) is 0 Å². The van der Waals surface area contributed by atoms with Crippen LogP contribution in [0.1, 0.15) is 252 Å². The van der Waals surface area contributed by atoms with Crippen molar-refractivity contribution in [2.45, 2.75) is 258 Å². The highest BCUT2D eigenvalue weighted by Crippen LogP contribution is 2.14. The zero-order valence-electron chi connectivity index (χ0n) is 52.9. The van der Waals surface area contributed by atoms with Crippen LogP contribution >= 0.6 is 0 Å². The van der Waals surface area contributed by atoms with Gasteiger partial charge in [-0.25, -0.2) is 0 Å². The smallest absolute Gasteiger partial charge is 0.309 e. The highest BCUT2D eigenvalue weighted by molar-refractivity contribution is 5.72. The predicted octanol–water partition coefficient (Wildman–Crippen LogP) is 23.0. The Kier molecular flexibility index (Phi) is 64.0. The lowest BCUT2D eigenvalue weighted by molar-refractivity contribution is -0.166. The van der Waals surface area contributed by atoms with Gasteiger partial charge in [-0.15, -0.1) is 0 Å². The molecule has 0 fully saturated rings. The minimum absolute atomic E-state index is 0.113. The van der Waals surface area contributed by atoms with E-state index in [0.717, 1.165) is 167 Å². The van der Waals surface area contributed by atoms with Crippen molar-refractivity contribution < 1.29 is 28.6 Å². The Morgan fingerprint density at radius 3 is 0.783 bits per heavy atom. The quantitative estimate of drug-likeness (QED) is 0.0261. The molecule has 0 aliphatic carbocycles. The molecule has 0 bridgehead atoms. The van der Waals surface area contributed by atoms with Gasteiger partial charge in [-0.1, -0.05) is 286 Å². The number of hydrogen-bond acceptors (Lipinski definition) is 6. The standard InChI is InChI=1S/C77H118O6/c1-4-7-10-13-16-19-22-25-28-30-32-34-35-36-37-38-39-40-41-43-44-46-49-52-55-58-61-64-67-70-76(79)82-73-74(72-81-75(78)69-66-63-60-57-54-51-48-27-24-21-18-15-12-9-6-3)83-77(80)71-68-65-62-59-56-53-50-47-45-42-33-31-29-26-23-20-17-14-11-8-5-2/h7-12,16-21,25-29,32-34,36-37,39-40,42-44,48,54,57,63,66,74H,4-6,13-15,22-24,30-31,35,38,41,45-47,49-53,55-56,58-62,64-65,67-73H2,1-3H3/b10-7-,11-8-,12-9-,19-16-,20-17-,21-18-,28-25-,29-26-,34-32-,37-36-,40-39-,42-33-,44-43-,48-27-,57-54-,66-63-. The van der Waals surface area contributed by atoms with Crippen LogP contribution in [0.25, 0.3) is 0 Å². The Morgan fingerprint density at radius 1 is 0.253 bits per heavy atom. The number of allylic oxidation sites excluding steroid dienone is 31. The summed E-state index contributed by atoms with van der Waals surface area (Å²) in [6.07, 6.45) is 105. The van der Waals surface area contributed by atoms with Gasteiger partial charge in [0.1, 0.15) is 13.2 Å². The summed E-state index contributed by atoms with van der Waals surface area (Å²) in [6, 6.07) is 0. The van der Waals surface area contributed by atoms with E-state index in [0.29, 0.717) is 6.42 Å². The Morgan fingerprint density at radius 2 is 0.482 bits per heavy atom. The van der Waals surface area contributed by atoms with Crippen LogP contribution < -0.4 is 0 Å². The monoisotopic (exact) mass is 1140 g/mol. The number of carbonyl (C=O) groups excluding carboxylic acids is 3. The fourth-order valence-electron chi connectivity index (χ4n) is 8.31. The molecule has 0 spiro atoms. The zero-order chi connectivity index (χ0) is 59.9. The molecule has 0 aliphatic rings. The molecule has 0 N–H and O–H groups in total. The van der Waals surface area contributed by atoms with E-state index in [1.807, 2.05) is 6.08 Å². The second-order valence-electron chi connectivity index (χ2n) is 20.9. The van der Waals surface area contributed by atoms with Crippen LogP contribution in [-0.4, -0.2) is 37.2 Å². The summed E-state index contributed by atoms with van der Waals surface area (Å²) in [5, 5.41) is 0. The van der Waals surface area contributed by atoms with Crippen LogP contribution in [0.4, 0.5) is 0 Å². The van der Waals surface area contributed by atoms with Gasteiger partial charge in [0.05, 0.1) is 6.42 Å². The third kappa shape index (κ3) is 66.9. The summed E-state index contributed by atoms with van der Waals surface area (Å²) >= 11 is 0. The van der Waals surface area contributed by atoms with Crippen LogP contribution in [0, 0.1) is 0 Å². The Bertz CT molecular complexity index is 1990. The number of rotatable bonds is 57. The van der Waals surface area contributed by atoms with Crippen molar-refractivity contribution in [2.75, 3.05) is 13.2 Å². The molecular weight excluding hydrogens is 1020 g/mol. The molecule has 1 unspecified atom stereocenters. The molecule has 462 valence electrons. The van der Waals surface area contributed by atoms with Gasteiger partial charge >= 0.3 is 17.9 Å². The number of ether oxygens (including phenoxy) is 3. The Balaban J connectivity index is 4.48. The molecule has 0 aromatic heterocycles. The molecule has 0 heterocycles. The number of carbonyl (C=O) groups is 3. The van der Waals surface area contributed by atoms with Gasteiger partial charge < -0.3 is 14.2 Å². The van der Waals surface area contributed by atoms with Gasteiger partial charge in [-0.2, -0.15) is 0 Å². The average molecular weight is 1140 g/mol. The minimum Gasteiger partial charge on any atom is -0.462 e. The highest BCUT2D eigenvalue weighted by atomic mass is 16.6. The average Bonchev–Trinajstić information content (AvgIpc) is 3.49. The lowest BCUT2D eigenvalue weighted by atomic mass is 10.1. The van der Waals surface area contributed by atoms with E-state index in [2.05, 4.69) is 203 Å². The lowest BCUT2D eigenvalue weighted by Crippen LogP contribution is -2.30. The van der Waals surface area contributed by atoms with Crippen LogP contribution in [0.2, 0.25) is 0 Å². The number of unbranched alkanes of at least 4 members (excludes halogenated alkanes) is 15. The van der Waals surface area contributed by atoms with E-state index in [1.165, 1.54) is 44.9 Å². The fourth-order valence-corrected chi connectivity index (χ4v) is 8.31. The van der Waals surface area contributed by atoms with Crippen LogP contribution in [0.15, 0.2) is 194 Å². The summed E-state index contributed by atoms with van der Waals surface area (Å²) in [5.41, 5.74) is 0. The van der Waals surface area contributed by atoms with Crippen LogP contribution in [0.5, 0.6) is 0 Å². The molecule has 0 aliphatic heterocycles. The molecule has 0 aromatic carbocycles. The van der Waals surface area contributed by atoms with Gasteiger partial charge in [0.15, 0.2) is 6.10 Å². The topological polar surface area (TPSA) is 78.9 Å². The zero-order valence-corrected chi connectivity index (χ0v) is 52.9. The van der Waals surface area contributed by atoms with Crippen molar-refractivity contribution in [3.63, 3.8) is 0 Å². The SMILES string of the molecule is CC/C=C\C/C=C\C/C=C\C/C=C\C/C=C\C/C=C\C/C=C\CCCCCCCCCC(=O)OCC(COC(=O)C/C=C\C/C=C\C/C=C\C/C=C\C/C=C\CC)OC(=O)CCCCCCCCCC/C=C\C/C=C\C/C=C\C/C=C\CC. The molecule has 0 radical (unpaired) electrons. The first-order chi connectivity index (χ1) is 41.0. The molecule has 0 rings (SSSR count). The number of esters is 3. The molecule has 0 saturated heterocycles. The van der Waals surface area contributed by atoms with E-state index in [-0.39, 0.29) is 38.0 Å². The summed E-state index contributed by atoms with van der Waals surface area (Å²) < 4.78 is 16.8. The van der Waals surface area contributed by atoms with E-state index in [1.54, 1.807) is 6.08 Å². The molecule has 1 atom stereocenters. The third-order valence-corrected chi connectivity index (χ3v) is 13.1. The third-order valence-electron chi connectivity index (χ3n) is 13.1. The van der Waals surface area contributed by atoms with Crippen LogP contribution in [0.3, 0.4) is 0 Å². The summed E-state index contributed by atoms with van der Waals surface area (Å²) in [4.78, 5) is 38.3. The maximum atomic E-state index is 12.9. The van der Waals surface area contributed by atoms with Gasteiger partial charge in [0.25, 0.3) is 0 Å². The van der Waals surface area contributed by atoms with Crippen molar-refractivity contribution in [1.29, 1.82) is 0 Å². The molecule has 0 amide bonds. The maximum Gasteiger partial charge on any atom is 0.309 e. The normalized spacial score (nSPS) is 13.4. The van der Waals surface area contributed by atoms with Gasteiger partial charge in [-0.3, -0.25) is 14.4 Å². The summed E-state index contributed by atoms with van der Waals surface area (Å²) in [5.74, 6) is -1.09. The van der Waals surface area contributed by atoms with Crippen molar-refractivity contribution in [1.82, 2.24) is 0 Å². The highest BCUT2D eigenvalue weighted by Gasteiger charge is 2.19. The molecule has 83 heavy (non-hydrogen) atoms. The van der Waals surface area contributed by atoms with Gasteiger partial charge in [0, 0.05) is 12.8 Å². The summed E-state index contributed by atoms with van der Waals surface area (Å²) in [6.45, 7) is 6.19. The maximum absolute atomic E-state index is 12.9. The molecule has 0 aromatic rings. The Hall–Kier alpha value is -5.75. The van der Waals surface area contributed by atoms with Gasteiger partial charge in [-0.05, 0) is 141 Å². The first-order valence-corrected chi connectivity index (χ1v) is 32.9. The van der Waals surface area contributed by atoms with Gasteiger partial charge in [0.2, 0.25) is 0 Å². The predicted molar refractivity (Wildman–Crippen MR) is 361 cm³/mol. The minimum atomic E-state index is -0.841. The van der Waals surface area contributed by atoms with Crippen LogP contribution in [-0.2, 0) is 28.6 Å². The van der Waals surface area contributed by atoms with E-state index in [4.69, 9.17) is 14.2 Å². The second kappa shape index (κ2) is 68.7. The largest absolute Gasteiger partial charge is 0.462 e. The van der Waals surface area contributed by atoms with E-state index in [9.17, 15) is 14.4 Å². The molecule has 0 saturated carbocycles. The first-order valence-electron chi connectivity index (χ1n) is 32.9. The summed E-state index contributed by atoms with van der Waals surface area (Å²) in [7, 11) is 0. The first kappa shape index (κ1) is 77.2. The molecule has 6 nitrogen and oxygen atoms in total. The molecule has 6 heteroatoms. The lowest BCUT2D eigenvalue weighted by Gasteiger charge is -2.18. The van der Waals surface area contributed by atoms with Crippen molar-refractivity contribution in [3.05, 3.63) is 194 Å². The van der Waals surface area contributed by atoms with Crippen molar-refractivity contribution in [2.24, 2.45) is 0 Å². The van der Waals surface area contributed by atoms with E-state index >= 15 is 0 Å². The Labute approximate surface area is 509 Å². The number of hydrogen-bond donors (Lipinski definition) is 0. The second-order valence-corrected chi connectivity index (χ2v) is 20.9.